The molecule has 0 unspecified atom stereocenters. The number of benzene rings is 2. The highest BCUT2D eigenvalue weighted by atomic mass is 32.2. The van der Waals surface area contributed by atoms with Gasteiger partial charge < -0.3 is 4.90 Å². The molecule has 3 rings (SSSR count). The first kappa shape index (κ1) is 20.4. The number of Topliss-reactive ketones (excluding diaryl/α,β-unsaturated/α-hetero) is 2. The normalized spacial score (nSPS) is 14.0. The molecule has 1 saturated carbocycles. The molecule has 0 saturated heterocycles. The fourth-order valence-corrected chi connectivity index (χ4v) is 3.94. The maximum Gasteiger partial charge on any atom is 0.198 e. The highest BCUT2D eigenvalue weighted by Crippen LogP contribution is 2.34. The fraction of sp³-hybridized carbons (Fsp3) is 0.333. The quantitative estimate of drug-likeness (QED) is 0.198. The first-order valence-corrected chi connectivity index (χ1v) is 10.7. The van der Waals surface area contributed by atoms with E-state index in [1.165, 1.54) is 0 Å². The van der Waals surface area contributed by atoms with Crippen molar-refractivity contribution in [1.82, 2.24) is 4.90 Å². The Labute approximate surface area is 171 Å². The lowest BCUT2D eigenvalue weighted by Gasteiger charge is -2.14. The summed E-state index contributed by atoms with van der Waals surface area (Å²) in [6, 6.07) is 16.1. The van der Waals surface area contributed by atoms with Crippen LogP contribution < -0.4 is 0 Å². The Kier molecular flexibility index (Phi) is 6.74. The molecule has 3 nitrogen and oxygen atoms in total. The monoisotopic (exact) mass is 393 g/mol. The van der Waals surface area contributed by atoms with Crippen LogP contribution >= 0.6 is 11.8 Å². The van der Waals surface area contributed by atoms with E-state index < -0.39 is 0 Å². The van der Waals surface area contributed by atoms with Gasteiger partial charge in [-0.1, -0.05) is 37.3 Å². The third-order valence-corrected chi connectivity index (χ3v) is 5.59. The number of allylic oxidation sites excluding steroid dienone is 1. The van der Waals surface area contributed by atoms with Gasteiger partial charge in [-0.25, -0.2) is 0 Å². The van der Waals surface area contributed by atoms with Crippen LogP contribution in [0.15, 0.2) is 65.2 Å². The van der Waals surface area contributed by atoms with Gasteiger partial charge in [0, 0.05) is 36.7 Å². The average molecular weight is 394 g/mol. The summed E-state index contributed by atoms with van der Waals surface area (Å²) in [5.74, 6) is 0.813. The lowest BCUT2D eigenvalue weighted by Crippen LogP contribution is -2.19. The summed E-state index contributed by atoms with van der Waals surface area (Å²) in [6.45, 7) is 2.12. The molecule has 0 spiro atoms. The summed E-state index contributed by atoms with van der Waals surface area (Å²) < 4.78 is 0. The zero-order valence-electron chi connectivity index (χ0n) is 16.8. The Bertz CT molecular complexity index is 883. The van der Waals surface area contributed by atoms with Crippen LogP contribution in [-0.4, -0.2) is 36.3 Å². The molecule has 0 atom stereocenters. The molecular weight excluding hydrogens is 366 g/mol. The summed E-state index contributed by atoms with van der Waals surface area (Å²) in [5.41, 5.74) is 3.06. The van der Waals surface area contributed by atoms with E-state index in [1.54, 1.807) is 22.9 Å². The van der Waals surface area contributed by atoms with Gasteiger partial charge in [0.05, 0.1) is 5.57 Å². The predicted molar refractivity (Wildman–Crippen MR) is 116 cm³/mol. The number of nitrogens with zero attached hydrogens (tertiary/aromatic N) is 1. The lowest BCUT2D eigenvalue weighted by atomic mass is 9.92. The van der Waals surface area contributed by atoms with Crippen molar-refractivity contribution in [2.45, 2.75) is 31.1 Å². The Morgan fingerprint density at radius 1 is 1.11 bits per heavy atom. The Balaban J connectivity index is 2.00. The predicted octanol–water partition coefficient (Wildman–Crippen LogP) is 5.00. The minimum absolute atomic E-state index is 0.0163. The molecule has 2 aromatic rings. The average Bonchev–Trinajstić information content (AvgIpc) is 3.52. The van der Waals surface area contributed by atoms with Gasteiger partial charge in [-0.3, -0.25) is 9.59 Å². The molecule has 1 aliphatic carbocycles. The number of carbonyl (C=O) groups excluding carboxylic acids is 2. The molecule has 0 heterocycles. The zero-order valence-corrected chi connectivity index (χ0v) is 17.6. The summed E-state index contributed by atoms with van der Waals surface area (Å²) in [5, 5.41) is 0. The molecule has 146 valence electrons. The first-order chi connectivity index (χ1) is 13.5. The summed E-state index contributed by atoms with van der Waals surface area (Å²) in [6.07, 6.45) is 4.14. The molecule has 1 aliphatic rings. The molecule has 0 bridgehead atoms. The first-order valence-electron chi connectivity index (χ1n) is 9.76. The molecular formula is C24H27NO2S. The van der Waals surface area contributed by atoms with Crippen molar-refractivity contribution in [1.29, 1.82) is 0 Å². The second kappa shape index (κ2) is 9.24. The smallest absolute Gasteiger partial charge is 0.198 e. The standard InChI is InChI=1S/C24H27NO2S/c1-4-28-20-12-13-21(19(15-20)14-17-8-6-5-7-9-17)24(27)22(16-25(2)3)23(26)18-10-11-18/h5-9,12-13,15-16,18H,4,10-11,14H2,1-3H3/b22-16+. The van der Waals surface area contributed by atoms with Crippen LogP contribution in [0.4, 0.5) is 0 Å². The number of rotatable bonds is 9. The largest absolute Gasteiger partial charge is 0.383 e. The third-order valence-electron chi connectivity index (χ3n) is 4.72. The zero-order chi connectivity index (χ0) is 20.1. The van der Waals surface area contributed by atoms with Gasteiger partial charge in [-0.15, -0.1) is 11.8 Å². The van der Waals surface area contributed by atoms with Crippen LogP contribution in [0.1, 0.15) is 41.3 Å². The molecule has 4 heteroatoms. The van der Waals surface area contributed by atoms with Crippen LogP contribution in [0.3, 0.4) is 0 Å². The Hall–Kier alpha value is -2.33. The molecule has 0 aromatic heterocycles. The molecule has 0 amide bonds. The number of thioether (sulfide) groups is 1. The molecule has 0 aliphatic heterocycles. The van der Waals surface area contributed by atoms with Crippen LogP contribution in [0, 0.1) is 5.92 Å². The maximum atomic E-state index is 13.4. The van der Waals surface area contributed by atoms with Crippen LogP contribution in [0.25, 0.3) is 0 Å². The number of hydrogen-bond donors (Lipinski definition) is 0. The lowest BCUT2D eigenvalue weighted by molar-refractivity contribution is -0.116. The van der Waals surface area contributed by atoms with E-state index in [2.05, 4.69) is 25.1 Å². The molecule has 0 N–H and O–H groups in total. The summed E-state index contributed by atoms with van der Waals surface area (Å²) >= 11 is 1.76. The van der Waals surface area contributed by atoms with E-state index in [0.29, 0.717) is 17.6 Å². The maximum absolute atomic E-state index is 13.4. The van der Waals surface area contributed by atoms with Gasteiger partial charge in [0.15, 0.2) is 11.6 Å². The SMILES string of the molecule is CCSc1ccc(C(=O)/C(=C/N(C)C)C(=O)C2CC2)c(Cc2ccccc2)c1. The van der Waals surface area contributed by atoms with Crippen LogP contribution in [-0.2, 0) is 11.2 Å². The highest BCUT2D eigenvalue weighted by molar-refractivity contribution is 7.99. The topological polar surface area (TPSA) is 37.4 Å². The van der Waals surface area contributed by atoms with Gasteiger partial charge in [0.1, 0.15) is 0 Å². The summed E-state index contributed by atoms with van der Waals surface area (Å²) in [7, 11) is 3.69. The van der Waals surface area contributed by atoms with E-state index >= 15 is 0 Å². The van der Waals surface area contributed by atoms with E-state index in [0.717, 1.165) is 34.6 Å². The van der Waals surface area contributed by atoms with Crippen molar-refractivity contribution >= 4 is 23.3 Å². The van der Waals surface area contributed by atoms with Gasteiger partial charge in [-0.2, -0.15) is 0 Å². The minimum atomic E-state index is -0.162. The van der Waals surface area contributed by atoms with Crippen molar-refractivity contribution in [3.05, 3.63) is 77.0 Å². The molecule has 0 radical (unpaired) electrons. The fourth-order valence-electron chi connectivity index (χ4n) is 3.21. The number of carbonyl (C=O) groups is 2. The van der Waals surface area contributed by atoms with E-state index in [4.69, 9.17) is 0 Å². The van der Waals surface area contributed by atoms with Gasteiger partial charge in [0.25, 0.3) is 0 Å². The van der Waals surface area contributed by atoms with E-state index in [1.807, 2.05) is 44.4 Å². The van der Waals surface area contributed by atoms with Crippen LogP contribution in [0.5, 0.6) is 0 Å². The van der Waals surface area contributed by atoms with Gasteiger partial charge in [0.2, 0.25) is 0 Å². The summed E-state index contributed by atoms with van der Waals surface area (Å²) in [4.78, 5) is 29.1. The molecule has 1 fully saturated rings. The minimum Gasteiger partial charge on any atom is -0.383 e. The number of ketones is 2. The highest BCUT2D eigenvalue weighted by Gasteiger charge is 2.35. The Morgan fingerprint density at radius 2 is 1.82 bits per heavy atom. The van der Waals surface area contributed by atoms with Crippen LogP contribution in [0.2, 0.25) is 0 Å². The van der Waals surface area contributed by atoms with Gasteiger partial charge >= 0.3 is 0 Å². The number of hydrogen-bond acceptors (Lipinski definition) is 4. The third kappa shape index (κ3) is 5.14. The second-order valence-electron chi connectivity index (χ2n) is 7.39. The second-order valence-corrected chi connectivity index (χ2v) is 8.73. The van der Waals surface area contributed by atoms with Crippen molar-refractivity contribution in [3.8, 4) is 0 Å². The van der Waals surface area contributed by atoms with Crippen molar-refractivity contribution in [2.24, 2.45) is 5.92 Å². The van der Waals surface area contributed by atoms with Crippen molar-refractivity contribution in [3.63, 3.8) is 0 Å². The van der Waals surface area contributed by atoms with E-state index in [9.17, 15) is 9.59 Å². The van der Waals surface area contributed by atoms with E-state index in [-0.39, 0.29) is 17.5 Å². The van der Waals surface area contributed by atoms with Gasteiger partial charge in [-0.05, 0) is 54.3 Å². The Morgan fingerprint density at radius 3 is 2.43 bits per heavy atom. The molecule has 2 aromatic carbocycles. The van der Waals surface area contributed by atoms with Crippen molar-refractivity contribution < 1.29 is 9.59 Å². The van der Waals surface area contributed by atoms with Crippen molar-refractivity contribution in [2.75, 3.05) is 19.8 Å². The molecule has 28 heavy (non-hydrogen) atoms.